The second kappa shape index (κ2) is 13.1. The maximum absolute atomic E-state index is 2.39. The van der Waals surface area contributed by atoms with Crippen LogP contribution >= 0.6 is 0 Å². The Bertz CT molecular complexity index is 110. The quantitative estimate of drug-likeness (QED) is 0.518. The zero-order valence-corrected chi connectivity index (χ0v) is 13.0. The predicted octanol–water partition coefficient (Wildman–Crippen LogP) is 6.30. The van der Waals surface area contributed by atoms with Crippen LogP contribution in [0.25, 0.3) is 0 Å². The van der Waals surface area contributed by atoms with Crippen molar-refractivity contribution in [1.82, 2.24) is 0 Å². The highest BCUT2D eigenvalue weighted by Gasteiger charge is 2.17. The van der Waals surface area contributed by atoms with E-state index in [0.29, 0.717) is 0 Å². The SMILES string of the molecule is C1CC1.CC.CCCC(C(C)C)C(C)CC. The highest BCUT2D eigenvalue weighted by molar-refractivity contribution is 4.68. The van der Waals surface area contributed by atoms with Crippen molar-refractivity contribution in [3.05, 3.63) is 0 Å². The van der Waals surface area contributed by atoms with Crippen LogP contribution in [0.1, 0.15) is 87.0 Å². The molecule has 0 aromatic rings. The number of hydrogen-bond donors (Lipinski definition) is 0. The molecule has 0 saturated heterocycles. The zero-order valence-electron chi connectivity index (χ0n) is 13.0. The minimum atomic E-state index is 0.866. The third-order valence-electron chi connectivity index (χ3n) is 3.21. The van der Waals surface area contributed by atoms with E-state index < -0.39 is 0 Å². The molecule has 1 rings (SSSR count). The molecule has 2 unspecified atom stereocenters. The van der Waals surface area contributed by atoms with Crippen molar-refractivity contribution in [2.45, 2.75) is 87.0 Å². The van der Waals surface area contributed by atoms with Crippen LogP contribution in [0.15, 0.2) is 0 Å². The van der Waals surface area contributed by atoms with E-state index in [9.17, 15) is 0 Å². The number of hydrogen-bond acceptors (Lipinski definition) is 0. The summed E-state index contributed by atoms with van der Waals surface area (Å²) in [5, 5.41) is 0. The Labute approximate surface area is 105 Å². The van der Waals surface area contributed by atoms with E-state index in [1.54, 1.807) is 0 Å². The van der Waals surface area contributed by atoms with Crippen molar-refractivity contribution in [2.75, 3.05) is 0 Å². The molecule has 0 heteroatoms. The molecule has 1 aliphatic rings. The molecule has 1 fully saturated rings. The number of rotatable bonds is 5. The normalized spacial score (nSPS) is 16.5. The van der Waals surface area contributed by atoms with E-state index in [-0.39, 0.29) is 0 Å². The molecule has 2 atom stereocenters. The first-order valence-electron chi connectivity index (χ1n) is 7.63. The van der Waals surface area contributed by atoms with E-state index >= 15 is 0 Å². The van der Waals surface area contributed by atoms with Gasteiger partial charge in [-0.25, -0.2) is 0 Å². The first-order chi connectivity index (χ1) is 7.63. The van der Waals surface area contributed by atoms with Crippen molar-refractivity contribution < 1.29 is 0 Å². The van der Waals surface area contributed by atoms with Gasteiger partial charge in [-0.1, -0.05) is 87.0 Å². The van der Waals surface area contributed by atoms with Crippen molar-refractivity contribution in [1.29, 1.82) is 0 Å². The van der Waals surface area contributed by atoms with Gasteiger partial charge in [0.2, 0.25) is 0 Å². The van der Waals surface area contributed by atoms with Gasteiger partial charge < -0.3 is 0 Å². The molecule has 0 aromatic heterocycles. The summed E-state index contributed by atoms with van der Waals surface area (Å²) < 4.78 is 0. The molecule has 16 heavy (non-hydrogen) atoms. The van der Waals surface area contributed by atoms with Gasteiger partial charge in [-0.2, -0.15) is 0 Å². The lowest BCUT2D eigenvalue weighted by Gasteiger charge is -2.26. The van der Waals surface area contributed by atoms with Crippen LogP contribution in [-0.2, 0) is 0 Å². The van der Waals surface area contributed by atoms with Crippen molar-refractivity contribution in [3.63, 3.8) is 0 Å². The summed E-state index contributed by atoms with van der Waals surface area (Å²) in [5.41, 5.74) is 0. The maximum Gasteiger partial charge on any atom is -0.0366 e. The van der Waals surface area contributed by atoms with Crippen LogP contribution in [0, 0.1) is 17.8 Å². The molecule has 0 spiro atoms. The highest BCUT2D eigenvalue weighted by Crippen LogP contribution is 2.27. The summed E-state index contributed by atoms with van der Waals surface area (Å²) in [6, 6.07) is 0. The summed E-state index contributed by atoms with van der Waals surface area (Å²) in [7, 11) is 0. The summed E-state index contributed by atoms with van der Waals surface area (Å²) in [6.45, 7) is 15.7. The molecular formula is C16H36. The van der Waals surface area contributed by atoms with Gasteiger partial charge in [0.25, 0.3) is 0 Å². The Morgan fingerprint density at radius 1 is 0.875 bits per heavy atom. The van der Waals surface area contributed by atoms with Gasteiger partial charge >= 0.3 is 0 Å². The molecule has 0 nitrogen and oxygen atoms in total. The summed E-state index contributed by atoms with van der Waals surface area (Å²) in [6.07, 6.45) is 8.59. The van der Waals surface area contributed by atoms with Crippen LogP contribution < -0.4 is 0 Å². The minimum Gasteiger partial charge on any atom is -0.0683 e. The molecule has 0 bridgehead atoms. The molecule has 0 N–H and O–H groups in total. The molecule has 0 heterocycles. The van der Waals surface area contributed by atoms with Gasteiger partial charge in [0.05, 0.1) is 0 Å². The Morgan fingerprint density at radius 3 is 1.50 bits per heavy atom. The zero-order chi connectivity index (χ0) is 13.0. The lowest BCUT2D eigenvalue weighted by molar-refractivity contribution is 0.245. The predicted molar refractivity (Wildman–Crippen MR) is 77.9 cm³/mol. The van der Waals surface area contributed by atoms with E-state index in [0.717, 1.165) is 17.8 Å². The standard InChI is InChI=1S/C11H24.C3H6.C2H6/c1-6-8-11(9(3)4)10(5)7-2;1-2-3-1;1-2/h9-11H,6-8H2,1-5H3;1-3H2;1-2H3. The molecule has 0 amide bonds. The molecule has 1 saturated carbocycles. The minimum absolute atomic E-state index is 0.866. The fraction of sp³-hybridized carbons (Fsp3) is 1.00. The molecular weight excluding hydrogens is 192 g/mol. The average molecular weight is 228 g/mol. The van der Waals surface area contributed by atoms with E-state index in [2.05, 4.69) is 34.6 Å². The second-order valence-corrected chi connectivity index (χ2v) is 5.14. The third kappa shape index (κ3) is 12.1. The van der Waals surface area contributed by atoms with Gasteiger partial charge in [-0.3, -0.25) is 0 Å². The van der Waals surface area contributed by atoms with Crippen LogP contribution in [0.3, 0.4) is 0 Å². The molecule has 100 valence electrons. The van der Waals surface area contributed by atoms with Gasteiger partial charge in [0, 0.05) is 0 Å². The van der Waals surface area contributed by atoms with Crippen LogP contribution in [0.2, 0.25) is 0 Å². The smallest absolute Gasteiger partial charge is 0.0366 e. The van der Waals surface area contributed by atoms with Crippen LogP contribution in [0.5, 0.6) is 0 Å². The van der Waals surface area contributed by atoms with Crippen molar-refractivity contribution in [2.24, 2.45) is 17.8 Å². The largest absolute Gasteiger partial charge is 0.0683 e. The van der Waals surface area contributed by atoms with E-state index in [1.807, 2.05) is 13.8 Å². The van der Waals surface area contributed by atoms with Crippen molar-refractivity contribution in [3.8, 4) is 0 Å². The summed E-state index contributed by atoms with van der Waals surface area (Å²) >= 11 is 0. The molecule has 0 radical (unpaired) electrons. The average Bonchev–Trinajstić information content (AvgIpc) is 3.14. The van der Waals surface area contributed by atoms with Crippen LogP contribution in [-0.4, -0.2) is 0 Å². The Hall–Kier alpha value is 0. The summed E-state index contributed by atoms with van der Waals surface area (Å²) in [4.78, 5) is 0. The topological polar surface area (TPSA) is 0 Å². The van der Waals surface area contributed by atoms with Gasteiger partial charge in [0.1, 0.15) is 0 Å². The van der Waals surface area contributed by atoms with Crippen molar-refractivity contribution >= 4 is 0 Å². The Balaban J connectivity index is 0. The third-order valence-corrected chi connectivity index (χ3v) is 3.21. The fourth-order valence-corrected chi connectivity index (χ4v) is 1.91. The fourth-order valence-electron chi connectivity index (χ4n) is 1.91. The van der Waals surface area contributed by atoms with Gasteiger partial charge in [0.15, 0.2) is 0 Å². The van der Waals surface area contributed by atoms with E-state index in [4.69, 9.17) is 0 Å². The molecule has 0 aliphatic heterocycles. The first kappa shape index (κ1) is 18.4. The lowest BCUT2D eigenvalue weighted by Crippen LogP contribution is -2.16. The lowest BCUT2D eigenvalue weighted by atomic mass is 9.80. The Morgan fingerprint density at radius 2 is 1.31 bits per heavy atom. The molecule has 1 aliphatic carbocycles. The monoisotopic (exact) mass is 228 g/mol. The Kier molecular flexibility index (Phi) is 15.0. The second-order valence-electron chi connectivity index (χ2n) is 5.14. The molecule has 0 aromatic carbocycles. The van der Waals surface area contributed by atoms with Gasteiger partial charge in [-0.15, -0.1) is 0 Å². The van der Waals surface area contributed by atoms with E-state index in [1.165, 1.54) is 38.5 Å². The highest BCUT2D eigenvalue weighted by atomic mass is 14.2. The van der Waals surface area contributed by atoms with Gasteiger partial charge in [-0.05, 0) is 17.8 Å². The van der Waals surface area contributed by atoms with Crippen LogP contribution in [0.4, 0.5) is 0 Å². The maximum atomic E-state index is 2.39. The summed E-state index contributed by atoms with van der Waals surface area (Å²) in [5.74, 6) is 2.73. The first-order valence-corrected chi connectivity index (χ1v) is 7.63.